The minimum atomic E-state index is -3.19. The van der Waals surface area contributed by atoms with E-state index in [-0.39, 0.29) is 11.6 Å². The van der Waals surface area contributed by atoms with Crippen molar-refractivity contribution in [3.63, 3.8) is 0 Å². The fraction of sp³-hybridized carbons (Fsp3) is 0.500. The summed E-state index contributed by atoms with van der Waals surface area (Å²) >= 11 is 0. The topological polar surface area (TPSA) is 95.2 Å². The van der Waals surface area contributed by atoms with Crippen molar-refractivity contribution in [3.05, 3.63) is 34.2 Å². The molecule has 1 aromatic carbocycles. The summed E-state index contributed by atoms with van der Waals surface area (Å²) in [5.74, 6) is 0.885. The number of nitrogens with one attached hydrogen (secondary N) is 2. The maximum Gasteiger partial charge on any atom is 0.347 e. The molecule has 1 unspecified atom stereocenters. The Morgan fingerprint density at radius 2 is 2.21 bits per heavy atom. The number of benzene rings is 1. The third-order valence-electron chi connectivity index (χ3n) is 4.32. The van der Waals surface area contributed by atoms with Gasteiger partial charge in [-0.25, -0.2) is 17.9 Å². The maximum atomic E-state index is 11.9. The molecule has 0 amide bonds. The zero-order chi connectivity index (χ0) is 17.3. The monoisotopic (exact) mass is 350 g/mol. The van der Waals surface area contributed by atoms with Crippen molar-refractivity contribution in [2.75, 3.05) is 30.8 Å². The SMILES string of the molecule is Cc1ccc2[nH]c(=O)nc(N3CCCC(CNS(C)(=O)=O)C3)c2c1. The molecule has 0 spiro atoms. The molecule has 1 atom stereocenters. The van der Waals surface area contributed by atoms with Crippen LogP contribution in [0.1, 0.15) is 18.4 Å². The molecule has 3 rings (SSSR count). The fourth-order valence-electron chi connectivity index (χ4n) is 3.19. The zero-order valence-electron chi connectivity index (χ0n) is 13.9. The Morgan fingerprint density at radius 1 is 1.42 bits per heavy atom. The Hall–Kier alpha value is -1.93. The van der Waals surface area contributed by atoms with Crippen molar-refractivity contribution >= 4 is 26.7 Å². The highest BCUT2D eigenvalue weighted by Gasteiger charge is 2.23. The second-order valence-corrected chi connectivity index (χ2v) is 8.32. The van der Waals surface area contributed by atoms with Crippen LogP contribution in [0.2, 0.25) is 0 Å². The number of nitrogens with zero attached hydrogens (tertiary/aromatic N) is 2. The van der Waals surface area contributed by atoms with Gasteiger partial charge in [0.1, 0.15) is 5.82 Å². The van der Waals surface area contributed by atoms with E-state index in [1.807, 2.05) is 25.1 Å². The van der Waals surface area contributed by atoms with Gasteiger partial charge in [0.2, 0.25) is 10.0 Å². The number of aromatic amines is 1. The van der Waals surface area contributed by atoms with E-state index in [0.717, 1.165) is 35.9 Å². The lowest BCUT2D eigenvalue weighted by atomic mass is 9.98. The summed E-state index contributed by atoms with van der Waals surface area (Å²) in [5, 5.41) is 0.923. The van der Waals surface area contributed by atoms with Gasteiger partial charge in [0.15, 0.2) is 0 Å². The lowest BCUT2D eigenvalue weighted by Gasteiger charge is -2.34. The predicted octanol–water partition coefficient (Wildman–Crippen LogP) is 0.997. The molecule has 2 aromatic rings. The average molecular weight is 350 g/mol. The molecule has 0 bridgehead atoms. The molecule has 1 aliphatic rings. The fourth-order valence-corrected chi connectivity index (χ4v) is 3.72. The van der Waals surface area contributed by atoms with Crippen LogP contribution >= 0.6 is 0 Å². The van der Waals surface area contributed by atoms with Crippen LogP contribution in [0.25, 0.3) is 10.9 Å². The molecule has 1 aromatic heterocycles. The van der Waals surface area contributed by atoms with Crippen molar-refractivity contribution in [1.29, 1.82) is 0 Å². The third-order valence-corrected chi connectivity index (χ3v) is 5.01. The maximum absolute atomic E-state index is 11.9. The molecular weight excluding hydrogens is 328 g/mol. The number of anilines is 1. The number of hydrogen-bond acceptors (Lipinski definition) is 5. The van der Waals surface area contributed by atoms with E-state index in [2.05, 4.69) is 19.6 Å². The largest absolute Gasteiger partial charge is 0.356 e. The first-order chi connectivity index (χ1) is 11.3. The molecule has 0 radical (unpaired) electrons. The Bertz CT molecular complexity index is 907. The van der Waals surface area contributed by atoms with Gasteiger partial charge in [0.25, 0.3) is 0 Å². The summed E-state index contributed by atoms with van der Waals surface area (Å²) in [4.78, 5) is 20.9. The van der Waals surface area contributed by atoms with Crippen LogP contribution in [0.5, 0.6) is 0 Å². The van der Waals surface area contributed by atoms with E-state index >= 15 is 0 Å². The van der Waals surface area contributed by atoms with Crippen LogP contribution in [0.15, 0.2) is 23.0 Å². The molecule has 1 aliphatic heterocycles. The van der Waals surface area contributed by atoms with Gasteiger partial charge in [-0.2, -0.15) is 4.98 Å². The van der Waals surface area contributed by atoms with Crippen LogP contribution in [0, 0.1) is 12.8 Å². The van der Waals surface area contributed by atoms with E-state index in [4.69, 9.17) is 0 Å². The summed E-state index contributed by atoms with van der Waals surface area (Å²) < 4.78 is 25.2. The Balaban J connectivity index is 1.89. The summed E-state index contributed by atoms with van der Waals surface area (Å²) in [6, 6.07) is 5.87. The molecule has 24 heavy (non-hydrogen) atoms. The quantitative estimate of drug-likeness (QED) is 0.858. The van der Waals surface area contributed by atoms with Crippen LogP contribution in [-0.2, 0) is 10.0 Å². The Labute approximate surface area is 141 Å². The molecule has 0 saturated carbocycles. The first-order valence-electron chi connectivity index (χ1n) is 8.02. The summed E-state index contributed by atoms with van der Waals surface area (Å²) in [6.45, 7) is 3.91. The number of aryl methyl sites for hydroxylation is 1. The minimum Gasteiger partial charge on any atom is -0.356 e. The average Bonchev–Trinajstić information content (AvgIpc) is 2.52. The van der Waals surface area contributed by atoms with Crippen LogP contribution in [0.4, 0.5) is 5.82 Å². The molecule has 0 aliphatic carbocycles. The second-order valence-electron chi connectivity index (χ2n) is 6.49. The van der Waals surface area contributed by atoms with Crippen LogP contribution in [-0.4, -0.2) is 44.3 Å². The molecular formula is C16H22N4O3S. The molecule has 130 valence electrons. The summed E-state index contributed by atoms with van der Waals surface area (Å²) in [7, 11) is -3.19. The number of hydrogen-bond donors (Lipinski definition) is 2. The van der Waals surface area contributed by atoms with E-state index in [1.54, 1.807) is 0 Å². The molecule has 1 saturated heterocycles. The van der Waals surface area contributed by atoms with E-state index in [1.165, 1.54) is 6.26 Å². The lowest BCUT2D eigenvalue weighted by Crippen LogP contribution is -2.41. The number of aromatic nitrogens is 2. The number of sulfonamides is 1. The second kappa shape index (κ2) is 6.52. The van der Waals surface area contributed by atoms with Crippen molar-refractivity contribution < 1.29 is 8.42 Å². The van der Waals surface area contributed by atoms with Crippen LogP contribution in [0.3, 0.4) is 0 Å². The molecule has 2 heterocycles. The number of fused-ring (bicyclic) bond motifs is 1. The van der Waals surface area contributed by atoms with Gasteiger partial charge in [0, 0.05) is 25.0 Å². The van der Waals surface area contributed by atoms with Gasteiger partial charge < -0.3 is 9.88 Å². The third kappa shape index (κ3) is 3.93. The first kappa shape index (κ1) is 16.9. The normalized spacial score (nSPS) is 18.9. The number of piperidine rings is 1. The first-order valence-corrected chi connectivity index (χ1v) is 9.91. The standard InChI is InChI=1S/C16H22N4O3S/c1-11-5-6-14-13(8-11)15(19-16(21)18-14)20-7-3-4-12(10-20)9-17-24(2,22)23/h5-6,8,12,17H,3-4,7,9-10H2,1-2H3,(H,18,19,21). The smallest absolute Gasteiger partial charge is 0.347 e. The minimum absolute atomic E-state index is 0.203. The Morgan fingerprint density at radius 3 is 2.96 bits per heavy atom. The van der Waals surface area contributed by atoms with Gasteiger partial charge in [0.05, 0.1) is 11.8 Å². The molecule has 1 fully saturated rings. The van der Waals surface area contributed by atoms with Crippen LogP contribution < -0.4 is 15.3 Å². The van der Waals surface area contributed by atoms with Crippen molar-refractivity contribution in [2.45, 2.75) is 19.8 Å². The molecule has 2 N–H and O–H groups in total. The summed E-state index contributed by atoms with van der Waals surface area (Å²) in [5.41, 5.74) is 1.51. The van der Waals surface area contributed by atoms with Gasteiger partial charge in [-0.05, 0) is 37.8 Å². The van der Waals surface area contributed by atoms with E-state index < -0.39 is 10.0 Å². The van der Waals surface area contributed by atoms with Gasteiger partial charge >= 0.3 is 5.69 Å². The van der Waals surface area contributed by atoms with E-state index in [0.29, 0.717) is 18.9 Å². The Kier molecular flexibility index (Phi) is 4.60. The predicted molar refractivity (Wildman–Crippen MR) is 94.9 cm³/mol. The number of H-pyrrole nitrogens is 1. The van der Waals surface area contributed by atoms with Crippen molar-refractivity contribution in [3.8, 4) is 0 Å². The van der Waals surface area contributed by atoms with Crippen molar-refractivity contribution in [1.82, 2.24) is 14.7 Å². The van der Waals surface area contributed by atoms with E-state index in [9.17, 15) is 13.2 Å². The van der Waals surface area contributed by atoms with Gasteiger partial charge in [-0.1, -0.05) is 11.6 Å². The van der Waals surface area contributed by atoms with Gasteiger partial charge in [-0.3, -0.25) is 0 Å². The van der Waals surface area contributed by atoms with Crippen molar-refractivity contribution in [2.24, 2.45) is 5.92 Å². The highest BCUT2D eigenvalue weighted by atomic mass is 32.2. The highest BCUT2D eigenvalue weighted by molar-refractivity contribution is 7.88. The summed E-state index contributed by atoms with van der Waals surface area (Å²) in [6.07, 6.45) is 3.07. The zero-order valence-corrected chi connectivity index (χ0v) is 14.7. The lowest BCUT2D eigenvalue weighted by molar-refractivity contribution is 0.410. The molecule has 7 nitrogen and oxygen atoms in total. The number of rotatable bonds is 4. The van der Waals surface area contributed by atoms with Gasteiger partial charge in [-0.15, -0.1) is 0 Å². The molecule has 8 heteroatoms. The highest BCUT2D eigenvalue weighted by Crippen LogP contribution is 2.27.